The molecule has 2 unspecified atom stereocenters. The Morgan fingerprint density at radius 2 is 2.64 bits per heavy atom. The number of alkyl halides is 1. The van der Waals surface area contributed by atoms with Crippen LogP contribution in [0.4, 0.5) is 0 Å². The van der Waals surface area contributed by atoms with Gasteiger partial charge in [-0.05, 0) is 35.7 Å². The molecule has 0 spiro atoms. The first kappa shape index (κ1) is 9.90. The minimum atomic E-state index is -0.187. The molecule has 1 heterocycles. The maximum atomic E-state index is 6.26. The fourth-order valence-corrected chi connectivity index (χ4v) is 4.07. The summed E-state index contributed by atoms with van der Waals surface area (Å²) in [6.45, 7) is 1.98. The number of allylic oxidation sites excluding steroid dienone is 1. The molecule has 11 heavy (non-hydrogen) atoms. The van der Waals surface area contributed by atoms with E-state index >= 15 is 0 Å². The predicted octanol–water partition coefficient (Wildman–Crippen LogP) is 3.03. The van der Waals surface area contributed by atoms with Gasteiger partial charge in [-0.25, -0.2) is 0 Å². The summed E-state index contributed by atoms with van der Waals surface area (Å²) in [5.41, 5.74) is 5.67. The van der Waals surface area contributed by atoms with Crippen LogP contribution in [0.25, 0.3) is 0 Å². The molecule has 0 fully saturated rings. The second-order valence-electron chi connectivity index (χ2n) is 2.88. The normalized spacial score (nSPS) is 33.6. The van der Waals surface area contributed by atoms with Gasteiger partial charge in [0.15, 0.2) is 0 Å². The second-order valence-corrected chi connectivity index (χ2v) is 6.63. The van der Waals surface area contributed by atoms with Gasteiger partial charge in [-0.2, -0.15) is 0 Å². The molecule has 1 rings (SSSR count). The molecule has 0 aromatic heterocycles. The highest BCUT2D eigenvalue weighted by molar-refractivity contribution is 9.14. The summed E-state index contributed by atoms with van der Waals surface area (Å²) in [5.74, 6) is 0. The van der Waals surface area contributed by atoms with Gasteiger partial charge in [-0.3, -0.25) is 0 Å². The van der Waals surface area contributed by atoms with E-state index in [0.717, 1.165) is 16.7 Å². The fraction of sp³-hybridized carbons (Fsp3) is 0.714. The number of hydrogen-bond donors (Lipinski definition) is 1. The Bertz CT molecular complexity index is 183. The highest BCUT2D eigenvalue weighted by atomic mass is 79.9. The van der Waals surface area contributed by atoms with Crippen molar-refractivity contribution in [2.75, 3.05) is 0 Å². The molecule has 4 heteroatoms. The van der Waals surface area contributed by atoms with Gasteiger partial charge < -0.3 is 5.73 Å². The highest BCUT2D eigenvalue weighted by Gasteiger charge is 2.33. The van der Waals surface area contributed by atoms with Crippen molar-refractivity contribution in [3.63, 3.8) is 0 Å². The summed E-state index contributed by atoms with van der Waals surface area (Å²) in [6.07, 6.45) is 3.85. The number of rotatable bonds is 2. The smallest absolute Gasteiger partial charge is 0.0997 e. The maximum absolute atomic E-state index is 6.26. The van der Waals surface area contributed by atoms with Crippen molar-refractivity contribution in [1.82, 2.24) is 0 Å². The molecule has 1 nitrogen and oxygen atoms in total. The van der Waals surface area contributed by atoms with Crippen molar-refractivity contribution in [3.8, 4) is 0 Å². The lowest BCUT2D eigenvalue weighted by molar-refractivity contribution is 0.612. The summed E-state index contributed by atoms with van der Waals surface area (Å²) < 4.78 is 0.945. The Morgan fingerprint density at radius 3 is 3.00 bits per heavy atom. The molecule has 0 aromatic carbocycles. The van der Waals surface area contributed by atoms with Crippen LogP contribution in [0.1, 0.15) is 19.8 Å². The minimum absolute atomic E-state index is 0.173. The summed E-state index contributed by atoms with van der Waals surface area (Å²) in [6, 6.07) is 0.173. The van der Waals surface area contributed by atoms with Crippen LogP contribution >= 0.6 is 39.3 Å². The zero-order valence-electron chi connectivity index (χ0n) is 6.31. The van der Waals surface area contributed by atoms with E-state index in [9.17, 15) is 0 Å². The van der Waals surface area contributed by atoms with Gasteiger partial charge in [0.2, 0.25) is 0 Å². The van der Waals surface area contributed by atoms with Gasteiger partial charge in [-0.15, -0.1) is 11.6 Å². The Balaban J connectivity index is 2.46. The summed E-state index contributed by atoms with van der Waals surface area (Å²) in [7, 11) is 0. The van der Waals surface area contributed by atoms with Crippen LogP contribution in [0.15, 0.2) is 9.89 Å². The van der Waals surface area contributed by atoms with E-state index in [1.807, 2.05) is 6.92 Å². The molecule has 0 amide bonds. The summed E-state index contributed by atoms with van der Waals surface area (Å²) in [5, 5.41) is 0. The fourth-order valence-electron chi connectivity index (χ4n) is 1.10. The molecule has 64 valence electrons. The molecular formula is C7H11BrClNS. The first-order valence-corrected chi connectivity index (χ1v) is 5.50. The van der Waals surface area contributed by atoms with Crippen molar-refractivity contribution in [2.45, 2.75) is 30.0 Å². The number of nitrogens with two attached hydrogens (primary N) is 1. The monoisotopic (exact) mass is 255 g/mol. The number of halogens is 2. The molecular weight excluding hydrogens is 246 g/mol. The third kappa shape index (κ3) is 2.98. The lowest BCUT2D eigenvalue weighted by Crippen LogP contribution is -2.26. The first-order valence-electron chi connectivity index (χ1n) is 3.51. The van der Waals surface area contributed by atoms with Gasteiger partial charge in [0.05, 0.1) is 4.21 Å². The van der Waals surface area contributed by atoms with Crippen LogP contribution < -0.4 is 5.73 Å². The lowest BCUT2D eigenvalue weighted by atomic mass is 10.1. The van der Waals surface area contributed by atoms with Crippen LogP contribution in [-0.4, -0.2) is 10.2 Å². The largest absolute Gasteiger partial charge is 0.328 e. The van der Waals surface area contributed by atoms with E-state index in [4.69, 9.17) is 17.3 Å². The molecule has 1 aliphatic heterocycles. The molecule has 2 atom stereocenters. The molecule has 0 aliphatic carbocycles. The zero-order chi connectivity index (χ0) is 8.48. The van der Waals surface area contributed by atoms with Crippen molar-refractivity contribution >= 4 is 39.3 Å². The van der Waals surface area contributed by atoms with Crippen LogP contribution in [0.2, 0.25) is 0 Å². The number of hydrogen-bond acceptors (Lipinski definition) is 2. The molecule has 1 aliphatic rings. The van der Waals surface area contributed by atoms with Crippen molar-refractivity contribution < 1.29 is 0 Å². The summed E-state index contributed by atoms with van der Waals surface area (Å²) in [4.78, 5) is 0. The Morgan fingerprint density at radius 1 is 2.00 bits per heavy atom. The first-order chi connectivity index (χ1) is 5.02. The topological polar surface area (TPSA) is 26.0 Å². The standard InChI is InChI=1S/C7H11BrClNS/c1-5(10)4-7(9)3-2-6(8)11-7/h2,5H,3-4,10H2,1H3. The van der Waals surface area contributed by atoms with Gasteiger partial charge in [0.25, 0.3) is 0 Å². The van der Waals surface area contributed by atoms with Crippen LogP contribution in [0, 0.1) is 0 Å². The van der Waals surface area contributed by atoms with Crippen molar-refractivity contribution in [1.29, 1.82) is 0 Å². The molecule has 0 aromatic rings. The third-order valence-corrected chi connectivity index (χ3v) is 3.88. The SMILES string of the molecule is CC(N)CC1(Cl)CC=C(Br)S1. The van der Waals surface area contributed by atoms with Gasteiger partial charge >= 0.3 is 0 Å². The van der Waals surface area contributed by atoms with E-state index in [2.05, 4.69) is 22.0 Å². The average molecular weight is 257 g/mol. The quantitative estimate of drug-likeness (QED) is 0.769. The van der Waals surface area contributed by atoms with Gasteiger partial charge in [-0.1, -0.05) is 17.8 Å². The Hall–Kier alpha value is 0.820. The van der Waals surface area contributed by atoms with Crippen LogP contribution in [0.5, 0.6) is 0 Å². The van der Waals surface area contributed by atoms with E-state index in [1.54, 1.807) is 11.8 Å². The molecule has 0 saturated heterocycles. The van der Waals surface area contributed by atoms with Gasteiger partial charge in [0, 0.05) is 9.86 Å². The minimum Gasteiger partial charge on any atom is -0.328 e. The van der Waals surface area contributed by atoms with Crippen molar-refractivity contribution in [3.05, 3.63) is 9.89 Å². The third-order valence-electron chi connectivity index (χ3n) is 1.47. The van der Waals surface area contributed by atoms with E-state index < -0.39 is 0 Å². The van der Waals surface area contributed by atoms with E-state index in [-0.39, 0.29) is 10.2 Å². The average Bonchev–Trinajstić information content (AvgIpc) is 2.08. The molecule has 0 bridgehead atoms. The van der Waals surface area contributed by atoms with E-state index in [1.165, 1.54) is 0 Å². The Kier molecular flexibility index (Phi) is 3.32. The number of thioether (sulfide) groups is 1. The maximum Gasteiger partial charge on any atom is 0.0997 e. The van der Waals surface area contributed by atoms with Crippen LogP contribution in [-0.2, 0) is 0 Å². The lowest BCUT2D eigenvalue weighted by Gasteiger charge is -2.21. The highest BCUT2D eigenvalue weighted by Crippen LogP contribution is 2.50. The predicted molar refractivity (Wildman–Crippen MR) is 56.1 cm³/mol. The Labute approximate surface area is 84.9 Å². The molecule has 0 radical (unpaired) electrons. The van der Waals surface area contributed by atoms with E-state index in [0.29, 0.717) is 0 Å². The van der Waals surface area contributed by atoms with Crippen molar-refractivity contribution in [2.24, 2.45) is 5.73 Å². The molecule has 2 N–H and O–H groups in total. The zero-order valence-corrected chi connectivity index (χ0v) is 9.47. The molecule has 0 saturated carbocycles. The second kappa shape index (κ2) is 3.69. The summed E-state index contributed by atoms with van der Waals surface area (Å²) >= 11 is 11.3. The van der Waals surface area contributed by atoms with Gasteiger partial charge in [0.1, 0.15) is 0 Å². The van der Waals surface area contributed by atoms with Crippen LogP contribution in [0.3, 0.4) is 0 Å².